The van der Waals surface area contributed by atoms with Crippen LogP contribution in [0.5, 0.6) is 5.75 Å². The first-order valence-corrected chi connectivity index (χ1v) is 9.68. The van der Waals surface area contributed by atoms with Gasteiger partial charge in [0, 0.05) is 45.0 Å². The fraction of sp³-hybridized carbons (Fsp3) is 0.600. The number of ether oxygens (including phenoxy) is 2. The molecule has 0 aromatic heterocycles. The van der Waals surface area contributed by atoms with Crippen molar-refractivity contribution in [1.82, 2.24) is 9.80 Å². The molecule has 0 aliphatic carbocycles. The molecule has 156 valence electrons. The van der Waals surface area contributed by atoms with Crippen LogP contribution in [0.25, 0.3) is 0 Å². The minimum absolute atomic E-state index is 0.228. The second kappa shape index (κ2) is 10.2. The van der Waals surface area contributed by atoms with Crippen LogP contribution >= 0.6 is 0 Å². The lowest BCUT2D eigenvalue weighted by molar-refractivity contribution is 0.0145. The van der Waals surface area contributed by atoms with Crippen molar-refractivity contribution in [2.75, 3.05) is 51.7 Å². The molecule has 8 nitrogen and oxygen atoms in total. The van der Waals surface area contributed by atoms with Gasteiger partial charge in [-0.15, -0.1) is 0 Å². The van der Waals surface area contributed by atoms with Gasteiger partial charge in [-0.2, -0.15) is 0 Å². The van der Waals surface area contributed by atoms with Gasteiger partial charge in [-0.1, -0.05) is 0 Å². The number of rotatable bonds is 6. The van der Waals surface area contributed by atoms with E-state index in [2.05, 4.69) is 15.2 Å². The number of methoxy groups -OCH3 is 1. The number of anilines is 1. The monoisotopic (exact) mass is 391 g/mol. The molecule has 8 heteroatoms. The van der Waals surface area contributed by atoms with Gasteiger partial charge in [0.15, 0.2) is 5.96 Å². The van der Waals surface area contributed by atoms with Crippen molar-refractivity contribution >= 4 is 17.7 Å². The van der Waals surface area contributed by atoms with Gasteiger partial charge in [-0.3, -0.25) is 9.89 Å². The summed E-state index contributed by atoms with van der Waals surface area (Å²) in [6, 6.07) is 7.52. The number of nitrogens with one attached hydrogen (secondary N) is 1. The highest BCUT2D eigenvalue weighted by molar-refractivity contribution is 5.92. The molecular weight excluding hydrogens is 358 g/mol. The van der Waals surface area contributed by atoms with Crippen molar-refractivity contribution < 1.29 is 14.3 Å². The Morgan fingerprint density at radius 1 is 1.18 bits per heavy atom. The lowest BCUT2D eigenvalue weighted by Gasteiger charge is -2.35. The Kier molecular flexibility index (Phi) is 7.92. The maximum absolute atomic E-state index is 12.1. The largest absolute Gasteiger partial charge is 0.497 e. The van der Waals surface area contributed by atoms with Crippen LogP contribution in [-0.4, -0.2) is 73.8 Å². The van der Waals surface area contributed by atoms with E-state index >= 15 is 0 Å². The molecule has 1 amide bonds. The summed E-state index contributed by atoms with van der Waals surface area (Å²) < 4.78 is 10.6. The number of carbonyl (C=O) groups excluding carboxylic acids is 1. The standard InChI is InChI=1S/C20H33N5O3/c1-20(2,3)28-19(26)25-14-12-24(13-15-25)11-5-10-22-18(21)23-16-6-8-17(27-4)9-7-16/h6-9H,5,10-15H2,1-4H3,(H3,21,22,23). The third-order valence-corrected chi connectivity index (χ3v) is 4.30. The minimum Gasteiger partial charge on any atom is -0.497 e. The quantitative estimate of drug-likeness (QED) is 0.439. The summed E-state index contributed by atoms with van der Waals surface area (Å²) in [7, 11) is 1.63. The molecule has 1 heterocycles. The summed E-state index contributed by atoms with van der Waals surface area (Å²) in [5.41, 5.74) is 6.36. The number of aliphatic imine (C=N–C) groups is 1. The number of nitrogens with zero attached hydrogens (tertiary/aromatic N) is 3. The number of hydrogen-bond donors (Lipinski definition) is 2. The first-order chi connectivity index (χ1) is 13.3. The molecule has 3 N–H and O–H groups in total. The summed E-state index contributed by atoms with van der Waals surface area (Å²) in [4.78, 5) is 20.6. The molecule has 0 spiro atoms. The zero-order valence-electron chi connectivity index (χ0n) is 17.4. The molecule has 2 rings (SSSR count). The van der Waals surface area contributed by atoms with Crippen molar-refractivity contribution in [3.05, 3.63) is 24.3 Å². The van der Waals surface area contributed by atoms with Crippen molar-refractivity contribution in [3.8, 4) is 5.75 Å². The Bertz CT molecular complexity index is 647. The fourth-order valence-corrected chi connectivity index (χ4v) is 2.84. The van der Waals surface area contributed by atoms with Crippen molar-refractivity contribution in [2.24, 2.45) is 10.7 Å². The third-order valence-electron chi connectivity index (χ3n) is 4.30. The minimum atomic E-state index is -0.452. The number of benzene rings is 1. The molecule has 0 saturated carbocycles. The Morgan fingerprint density at radius 2 is 1.82 bits per heavy atom. The molecule has 1 saturated heterocycles. The lowest BCUT2D eigenvalue weighted by Crippen LogP contribution is -2.50. The summed E-state index contributed by atoms with van der Waals surface area (Å²) in [6.45, 7) is 10.3. The van der Waals surface area contributed by atoms with Crippen LogP contribution in [0.3, 0.4) is 0 Å². The average molecular weight is 392 g/mol. The van der Waals surface area contributed by atoms with Crippen molar-refractivity contribution in [3.63, 3.8) is 0 Å². The maximum atomic E-state index is 12.1. The molecule has 0 atom stereocenters. The summed E-state index contributed by atoms with van der Waals surface area (Å²) in [6.07, 6.45) is 0.686. The van der Waals surface area contributed by atoms with Crippen LogP contribution in [0.1, 0.15) is 27.2 Å². The van der Waals surface area contributed by atoms with Gasteiger partial charge in [0.1, 0.15) is 11.4 Å². The first kappa shape index (κ1) is 21.8. The van der Waals surface area contributed by atoms with Crippen molar-refractivity contribution in [2.45, 2.75) is 32.8 Å². The van der Waals surface area contributed by atoms with Crippen LogP contribution in [0.4, 0.5) is 10.5 Å². The van der Waals surface area contributed by atoms with E-state index < -0.39 is 5.60 Å². The SMILES string of the molecule is COc1ccc(NC(N)=NCCCN2CCN(C(=O)OC(C)(C)C)CC2)cc1. The average Bonchev–Trinajstić information content (AvgIpc) is 2.65. The smallest absolute Gasteiger partial charge is 0.410 e. The molecular formula is C20H33N5O3. The lowest BCUT2D eigenvalue weighted by atomic mass is 10.2. The van der Waals surface area contributed by atoms with Gasteiger partial charge in [0.25, 0.3) is 0 Å². The Labute approximate surface area is 167 Å². The number of hydrogen-bond acceptors (Lipinski definition) is 5. The van der Waals surface area contributed by atoms with Crippen molar-refractivity contribution in [1.29, 1.82) is 0 Å². The maximum Gasteiger partial charge on any atom is 0.410 e. The van der Waals surface area contributed by atoms with Gasteiger partial charge in [0.2, 0.25) is 0 Å². The molecule has 28 heavy (non-hydrogen) atoms. The van der Waals surface area contributed by atoms with Gasteiger partial charge >= 0.3 is 6.09 Å². The van der Waals surface area contributed by atoms with Gasteiger partial charge in [-0.25, -0.2) is 4.79 Å². The molecule has 1 aromatic carbocycles. The zero-order valence-corrected chi connectivity index (χ0v) is 17.4. The molecule has 0 radical (unpaired) electrons. The molecule has 1 aliphatic heterocycles. The number of nitrogens with two attached hydrogens (primary N) is 1. The Hall–Kier alpha value is -2.48. The van der Waals surface area contributed by atoms with E-state index in [9.17, 15) is 4.79 Å². The normalized spacial score (nSPS) is 16.0. The topological polar surface area (TPSA) is 92.4 Å². The highest BCUT2D eigenvalue weighted by atomic mass is 16.6. The summed E-state index contributed by atoms with van der Waals surface area (Å²) >= 11 is 0. The van der Waals surface area contributed by atoms with Crippen LogP contribution in [-0.2, 0) is 4.74 Å². The second-order valence-electron chi connectivity index (χ2n) is 7.78. The molecule has 1 aliphatic rings. The van der Waals surface area contributed by atoms with E-state index in [1.807, 2.05) is 45.0 Å². The van der Waals surface area contributed by atoms with Crippen LogP contribution < -0.4 is 15.8 Å². The van der Waals surface area contributed by atoms with E-state index in [-0.39, 0.29) is 6.09 Å². The first-order valence-electron chi connectivity index (χ1n) is 9.68. The van der Waals surface area contributed by atoms with Crippen LogP contribution in [0.15, 0.2) is 29.3 Å². The zero-order chi connectivity index (χ0) is 20.6. The number of guanidine groups is 1. The van der Waals surface area contributed by atoms with E-state index in [0.717, 1.165) is 37.5 Å². The summed E-state index contributed by atoms with van der Waals surface area (Å²) in [5, 5.41) is 3.07. The predicted octanol–water partition coefficient (Wildman–Crippen LogP) is 2.36. The van der Waals surface area contributed by atoms with Gasteiger partial charge in [0.05, 0.1) is 7.11 Å². The number of amides is 1. The van der Waals surface area contributed by atoms with Gasteiger partial charge < -0.3 is 25.4 Å². The van der Waals surface area contributed by atoms with E-state index in [4.69, 9.17) is 15.2 Å². The third kappa shape index (κ3) is 7.64. The summed E-state index contributed by atoms with van der Waals surface area (Å²) in [5.74, 6) is 1.20. The number of carbonyl (C=O) groups is 1. The van der Waals surface area contributed by atoms with E-state index in [0.29, 0.717) is 25.6 Å². The molecule has 1 fully saturated rings. The van der Waals surface area contributed by atoms with Crippen LogP contribution in [0, 0.1) is 0 Å². The van der Waals surface area contributed by atoms with E-state index in [1.54, 1.807) is 12.0 Å². The second-order valence-corrected chi connectivity index (χ2v) is 7.78. The number of piperazine rings is 1. The van der Waals surface area contributed by atoms with Crippen LogP contribution in [0.2, 0.25) is 0 Å². The molecule has 0 unspecified atom stereocenters. The van der Waals surface area contributed by atoms with E-state index in [1.165, 1.54) is 0 Å². The highest BCUT2D eigenvalue weighted by Crippen LogP contribution is 2.15. The predicted molar refractivity (Wildman–Crippen MR) is 112 cm³/mol. The fourth-order valence-electron chi connectivity index (χ4n) is 2.84. The Balaban J connectivity index is 1.64. The highest BCUT2D eigenvalue weighted by Gasteiger charge is 2.25. The molecule has 1 aromatic rings. The Morgan fingerprint density at radius 3 is 2.39 bits per heavy atom. The molecule has 0 bridgehead atoms. The van der Waals surface area contributed by atoms with Gasteiger partial charge in [-0.05, 0) is 51.5 Å².